The molecule has 0 heterocycles. The topological polar surface area (TPSA) is 38.0 Å². The van der Waals surface area contributed by atoms with Crippen LogP contribution in [-0.2, 0) is 0 Å². The van der Waals surface area contributed by atoms with Crippen LogP contribution in [0.3, 0.4) is 0 Å². The van der Waals surface area contributed by atoms with Gasteiger partial charge in [-0.05, 0) is 24.1 Å². The molecular weight excluding hydrogens is 258 g/mol. The average Bonchev–Trinajstić information content (AvgIpc) is 2.47. The Kier molecular flexibility index (Phi) is 4.82. The summed E-state index contributed by atoms with van der Waals surface area (Å²) in [6, 6.07) is 12.8. The summed E-state index contributed by atoms with van der Waals surface area (Å²) in [6.45, 7) is 1.97. The highest BCUT2D eigenvalue weighted by atomic mass is 19.1. The highest BCUT2D eigenvalue weighted by Gasteiger charge is 2.27. The molecule has 0 radical (unpaired) electrons. The third-order valence-corrected chi connectivity index (χ3v) is 3.56. The molecule has 4 heteroatoms. The Morgan fingerprint density at radius 1 is 1.00 bits per heavy atom. The molecule has 0 saturated carbocycles. The van der Waals surface area contributed by atoms with Crippen molar-refractivity contribution in [2.45, 2.75) is 25.3 Å². The predicted octanol–water partition coefficient (Wildman–Crippen LogP) is 3.66. The molecule has 20 heavy (non-hydrogen) atoms. The van der Waals surface area contributed by atoms with Crippen LogP contribution in [0, 0.1) is 11.6 Å². The highest BCUT2D eigenvalue weighted by molar-refractivity contribution is 5.30. The van der Waals surface area contributed by atoms with Gasteiger partial charge in [-0.15, -0.1) is 0 Å². The number of rotatable bonds is 5. The van der Waals surface area contributed by atoms with Crippen LogP contribution < -0.4 is 11.3 Å². The Bertz CT molecular complexity index is 537. The van der Waals surface area contributed by atoms with Crippen LogP contribution >= 0.6 is 0 Å². The van der Waals surface area contributed by atoms with Crippen LogP contribution in [0.15, 0.2) is 48.5 Å². The Balaban J connectivity index is 2.45. The second-order valence-electron chi connectivity index (χ2n) is 4.71. The minimum absolute atomic E-state index is 0.00861. The number of nitrogens with one attached hydrogen (secondary N) is 1. The van der Waals surface area contributed by atoms with E-state index in [1.54, 1.807) is 0 Å². The Hall–Kier alpha value is -1.78. The van der Waals surface area contributed by atoms with E-state index in [4.69, 9.17) is 5.84 Å². The van der Waals surface area contributed by atoms with Gasteiger partial charge in [-0.1, -0.05) is 43.3 Å². The fourth-order valence-electron chi connectivity index (χ4n) is 2.57. The van der Waals surface area contributed by atoms with E-state index in [0.29, 0.717) is 6.42 Å². The summed E-state index contributed by atoms with van der Waals surface area (Å²) in [6.07, 6.45) is 0.715. The zero-order chi connectivity index (χ0) is 14.5. The van der Waals surface area contributed by atoms with Crippen LogP contribution in [0.25, 0.3) is 0 Å². The van der Waals surface area contributed by atoms with E-state index in [9.17, 15) is 8.78 Å². The molecule has 2 unspecified atom stereocenters. The summed E-state index contributed by atoms with van der Waals surface area (Å²) < 4.78 is 27.9. The average molecular weight is 276 g/mol. The van der Waals surface area contributed by atoms with Gasteiger partial charge in [0.2, 0.25) is 0 Å². The van der Waals surface area contributed by atoms with Crippen molar-refractivity contribution >= 4 is 0 Å². The fourth-order valence-corrected chi connectivity index (χ4v) is 2.57. The van der Waals surface area contributed by atoms with E-state index < -0.39 is 17.7 Å². The van der Waals surface area contributed by atoms with Gasteiger partial charge in [-0.3, -0.25) is 11.3 Å². The molecule has 0 aromatic heterocycles. The van der Waals surface area contributed by atoms with Crippen LogP contribution in [-0.4, -0.2) is 0 Å². The number of hydrazine groups is 1. The van der Waals surface area contributed by atoms with Gasteiger partial charge in [0.05, 0.1) is 6.04 Å². The molecule has 0 fully saturated rings. The van der Waals surface area contributed by atoms with Gasteiger partial charge < -0.3 is 0 Å². The lowest BCUT2D eigenvalue weighted by atomic mass is 9.85. The SMILES string of the molecule is CCC(c1ccccc1)C(NN)c1c(F)cccc1F. The second kappa shape index (κ2) is 6.59. The number of halogens is 2. The van der Waals surface area contributed by atoms with Crippen molar-refractivity contribution < 1.29 is 8.78 Å². The smallest absolute Gasteiger partial charge is 0.130 e. The number of nitrogens with two attached hydrogens (primary N) is 1. The quantitative estimate of drug-likeness (QED) is 0.646. The van der Waals surface area contributed by atoms with Gasteiger partial charge >= 0.3 is 0 Å². The van der Waals surface area contributed by atoms with Gasteiger partial charge in [0, 0.05) is 11.5 Å². The van der Waals surface area contributed by atoms with Crippen molar-refractivity contribution in [2.75, 3.05) is 0 Å². The first kappa shape index (κ1) is 14.6. The van der Waals surface area contributed by atoms with Gasteiger partial charge in [-0.25, -0.2) is 8.78 Å². The van der Waals surface area contributed by atoms with E-state index in [0.717, 1.165) is 5.56 Å². The number of hydrogen-bond acceptors (Lipinski definition) is 2. The summed E-state index contributed by atoms with van der Waals surface area (Å²) in [5.41, 5.74) is 3.56. The highest BCUT2D eigenvalue weighted by Crippen LogP contribution is 2.35. The lowest BCUT2D eigenvalue weighted by molar-refractivity contribution is 0.407. The van der Waals surface area contributed by atoms with Crippen LogP contribution in [0.2, 0.25) is 0 Å². The van der Waals surface area contributed by atoms with E-state index >= 15 is 0 Å². The number of hydrogen-bond donors (Lipinski definition) is 2. The molecule has 2 rings (SSSR count). The standard InChI is InChI=1S/C16H18F2N2/c1-2-12(11-7-4-3-5-8-11)16(20-19)15-13(17)9-6-10-14(15)18/h3-10,12,16,20H,2,19H2,1H3. The molecule has 0 saturated heterocycles. The molecule has 3 N–H and O–H groups in total. The monoisotopic (exact) mass is 276 g/mol. The van der Waals surface area contributed by atoms with Crippen LogP contribution in [0.1, 0.15) is 36.4 Å². The molecule has 0 bridgehead atoms. The molecule has 0 spiro atoms. The van der Waals surface area contributed by atoms with E-state index in [-0.39, 0.29) is 11.5 Å². The maximum atomic E-state index is 14.0. The summed E-state index contributed by atoms with van der Waals surface area (Å²) in [5.74, 6) is 4.31. The van der Waals surface area contributed by atoms with Gasteiger partial charge in [0.25, 0.3) is 0 Å². The first-order valence-electron chi connectivity index (χ1n) is 6.64. The zero-order valence-electron chi connectivity index (χ0n) is 11.3. The second-order valence-corrected chi connectivity index (χ2v) is 4.71. The first-order chi connectivity index (χ1) is 9.69. The van der Waals surface area contributed by atoms with E-state index in [1.165, 1.54) is 18.2 Å². The minimum Gasteiger partial charge on any atom is -0.271 e. The third-order valence-electron chi connectivity index (χ3n) is 3.56. The molecule has 2 aromatic carbocycles. The Morgan fingerprint density at radius 2 is 1.60 bits per heavy atom. The first-order valence-corrected chi connectivity index (χ1v) is 6.64. The summed E-state index contributed by atoms with van der Waals surface area (Å²) in [4.78, 5) is 0. The maximum absolute atomic E-state index is 14.0. The maximum Gasteiger partial charge on any atom is 0.130 e. The Morgan fingerprint density at radius 3 is 2.10 bits per heavy atom. The molecular formula is C16H18F2N2. The minimum atomic E-state index is -0.608. The predicted molar refractivity (Wildman–Crippen MR) is 75.9 cm³/mol. The Labute approximate surface area is 117 Å². The van der Waals surface area contributed by atoms with Crippen molar-refractivity contribution in [2.24, 2.45) is 5.84 Å². The van der Waals surface area contributed by atoms with Crippen molar-refractivity contribution in [3.8, 4) is 0 Å². The van der Waals surface area contributed by atoms with E-state index in [1.807, 2.05) is 37.3 Å². The van der Waals surface area contributed by atoms with Gasteiger partial charge in [0.1, 0.15) is 11.6 Å². The molecule has 2 nitrogen and oxygen atoms in total. The van der Waals surface area contributed by atoms with Crippen molar-refractivity contribution in [3.05, 3.63) is 71.3 Å². The van der Waals surface area contributed by atoms with Crippen molar-refractivity contribution in [1.82, 2.24) is 5.43 Å². The molecule has 0 amide bonds. The van der Waals surface area contributed by atoms with Crippen LogP contribution in [0.5, 0.6) is 0 Å². The molecule has 0 aliphatic rings. The molecule has 0 aliphatic heterocycles. The summed E-state index contributed by atoms with van der Waals surface area (Å²) in [5, 5.41) is 0. The lowest BCUT2D eigenvalue weighted by Crippen LogP contribution is -2.33. The number of benzene rings is 2. The lowest BCUT2D eigenvalue weighted by Gasteiger charge is -2.27. The molecule has 0 aliphatic carbocycles. The van der Waals surface area contributed by atoms with Gasteiger partial charge in [0.15, 0.2) is 0 Å². The van der Waals surface area contributed by atoms with Crippen molar-refractivity contribution in [3.63, 3.8) is 0 Å². The largest absolute Gasteiger partial charge is 0.271 e. The van der Waals surface area contributed by atoms with Crippen molar-refractivity contribution in [1.29, 1.82) is 0 Å². The molecule has 2 atom stereocenters. The molecule has 2 aromatic rings. The van der Waals surface area contributed by atoms with E-state index in [2.05, 4.69) is 5.43 Å². The van der Waals surface area contributed by atoms with Gasteiger partial charge in [-0.2, -0.15) is 0 Å². The normalized spacial score (nSPS) is 14.0. The molecule has 106 valence electrons. The summed E-state index contributed by atoms with van der Waals surface area (Å²) >= 11 is 0. The zero-order valence-corrected chi connectivity index (χ0v) is 11.3. The third kappa shape index (κ3) is 2.86. The summed E-state index contributed by atoms with van der Waals surface area (Å²) in [7, 11) is 0. The fraction of sp³-hybridized carbons (Fsp3) is 0.250. The van der Waals surface area contributed by atoms with Crippen LogP contribution in [0.4, 0.5) is 8.78 Å².